The fraction of sp³-hybridized carbons (Fsp3) is 0.917. The summed E-state index contributed by atoms with van der Waals surface area (Å²) in [4.78, 5) is 10.3. The quantitative estimate of drug-likeness (QED) is 0.564. The number of unbranched alkanes of at least 4 members (excludes halogenated alkanes) is 1. The maximum Gasteiger partial charge on any atom is 0.329 e. The summed E-state index contributed by atoms with van der Waals surface area (Å²) in [7, 11) is 0. The van der Waals surface area contributed by atoms with E-state index in [1.807, 2.05) is 6.92 Å². The lowest BCUT2D eigenvalue weighted by Gasteiger charge is -2.17. The van der Waals surface area contributed by atoms with E-state index in [4.69, 9.17) is 19.3 Å². The largest absolute Gasteiger partial charge is 0.480 e. The van der Waals surface area contributed by atoms with Crippen LogP contribution in [0.1, 0.15) is 33.6 Å². The van der Waals surface area contributed by atoms with Crippen LogP contribution in [-0.4, -0.2) is 49.7 Å². The van der Waals surface area contributed by atoms with Crippen LogP contribution < -0.4 is 0 Å². The zero-order valence-electron chi connectivity index (χ0n) is 11.0. The summed E-state index contributed by atoms with van der Waals surface area (Å²) in [6.07, 6.45) is 1.96. The fourth-order valence-electron chi connectivity index (χ4n) is 1.11. The van der Waals surface area contributed by atoms with Crippen molar-refractivity contribution in [3.8, 4) is 0 Å². The third kappa shape index (κ3) is 11.6. The van der Waals surface area contributed by atoms with Crippen LogP contribution >= 0.6 is 0 Å². The van der Waals surface area contributed by atoms with E-state index < -0.39 is 5.97 Å². The number of carboxylic acid groups (broad SMARTS) is 1. The van der Waals surface area contributed by atoms with E-state index in [-0.39, 0.29) is 18.8 Å². The molecule has 0 saturated carbocycles. The van der Waals surface area contributed by atoms with E-state index in [1.165, 1.54) is 0 Å². The van der Waals surface area contributed by atoms with Gasteiger partial charge in [0.2, 0.25) is 0 Å². The number of hydrogen-bond acceptors (Lipinski definition) is 4. The summed E-state index contributed by atoms with van der Waals surface area (Å²) in [6, 6.07) is 0. The SMILES string of the molecule is CCCCOCC(C)OCC(C)OCC(=O)O. The van der Waals surface area contributed by atoms with Crippen molar-refractivity contribution in [2.24, 2.45) is 0 Å². The van der Waals surface area contributed by atoms with Gasteiger partial charge in [-0.3, -0.25) is 0 Å². The van der Waals surface area contributed by atoms with Crippen molar-refractivity contribution in [1.82, 2.24) is 0 Å². The number of carboxylic acids is 1. The number of hydrogen-bond donors (Lipinski definition) is 1. The molecule has 0 aliphatic carbocycles. The highest BCUT2D eigenvalue weighted by atomic mass is 16.6. The van der Waals surface area contributed by atoms with Crippen LogP contribution in [0.3, 0.4) is 0 Å². The van der Waals surface area contributed by atoms with E-state index in [1.54, 1.807) is 6.92 Å². The summed E-state index contributed by atoms with van der Waals surface area (Å²) < 4.78 is 15.9. The van der Waals surface area contributed by atoms with Crippen LogP contribution in [0.5, 0.6) is 0 Å². The summed E-state index contributed by atoms with van der Waals surface area (Å²) in [5, 5.41) is 8.42. The Morgan fingerprint density at radius 1 is 1.18 bits per heavy atom. The predicted molar refractivity (Wildman–Crippen MR) is 64.2 cm³/mol. The van der Waals surface area contributed by atoms with Crippen molar-refractivity contribution in [2.45, 2.75) is 45.8 Å². The molecule has 2 atom stereocenters. The highest BCUT2D eigenvalue weighted by Gasteiger charge is 2.08. The number of carbonyl (C=O) groups is 1. The third-order valence-corrected chi connectivity index (χ3v) is 2.10. The van der Waals surface area contributed by atoms with Gasteiger partial charge in [-0.2, -0.15) is 0 Å². The zero-order valence-corrected chi connectivity index (χ0v) is 11.0. The van der Waals surface area contributed by atoms with Crippen molar-refractivity contribution in [1.29, 1.82) is 0 Å². The van der Waals surface area contributed by atoms with Crippen molar-refractivity contribution in [3.63, 3.8) is 0 Å². The molecule has 0 saturated heterocycles. The molecule has 102 valence electrons. The van der Waals surface area contributed by atoms with E-state index in [2.05, 4.69) is 6.92 Å². The average molecular weight is 248 g/mol. The Kier molecular flexibility index (Phi) is 10.1. The monoisotopic (exact) mass is 248 g/mol. The van der Waals surface area contributed by atoms with Gasteiger partial charge in [0.05, 0.1) is 25.4 Å². The Morgan fingerprint density at radius 3 is 2.41 bits per heavy atom. The van der Waals surface area contributed by atoms with Crippen LogP contribution in [0.15, 0.2) is 0 Å². The zero-order chi connectivity index (χ0) is 13.1. The Morgan fingerprint density at radius 2 is 1.82 bits per heavy atom. The van der Waals surface area contributed by atoms with Crippen molar-refractivity contribution in [3.05, 3.63) is 0 Å². The maximum atomic E-state index is 10.3. The van der Waals surface area contributed by atoms with Gasteiger partial charge in [0, 0.05) is 6.61 Å². The Bertz CT molecular complexity index is 195. The van der Waals surface area contributed by atoms with Crippen LogP contribution in [0, 0.1) is 0 Å². The van der Waals surface area contributed by atoms with Gasteiger partial charge >= 0.3 is 5.97 Å². The van der Waals surface area contributed by atoms with Gasteiger partial charge in [-0.25, -0.2) is 4.79 Å². The van der Waals surface area contributed by atoms with Gasteiger partial charge in [-0.15, -0.1) is 0 Å². The molecule has 5 heteroatoms. The van der Waals surface area contributed by atoms with Crippen LogP contribution in [0.25, 0.3) is 0 Å². The number of ether oxygens (including phenoxy) is 3. The minimum Gasteiger partial charge on any atom is -0.480 e. The van der Waals surface area contributed by atoms with Crippen LogP contribution in [-0.2, 0) is 19.0 Å². The molecule has 5 nitrogen and oxygen atoms in total. The molecule has 0 radical (unpaired) electrons. The molecule has 0 amide bonds. The Balaban J connectivity index is 3.41. The van der Waals surface area contributed by atoms with Gasteiger partial charge in [-0.1, -0.05) is 13.3 Å². The second-order valence-corrected chi connectivity index (χ2v) is 4.09. The smallest absolute Gasteiger partial charge is 0.329 e. The number of rotatable bonds is 11. The summed E-state index contributed by atoms with van der Waals surface area (Å²) in [6.45, 7) is 7.24. The second kappa shape index (κ2) is 10.5. The normalized spacial score (nSPS) is 14.5. The standard InChI is InChI=1S/C12H24O5/c1-4-5-6-15-7-10(2)16-8-11(3)17-9-12(13)14/h10-11H,4-9H2,1-3H3,(H,13,14). The molecule has 0 aliphatic heterocycles. The topological polar surface area (TPSA) is 65.0 Å². The van der Waals surface area contributed by atoms with Gasteiger partial charge in [-0.05, 0) is 20.3 Å². The van der Waals surface area contributed by atoms with Gasteiger partial charge in [0.1, 0.15) is 6.61 Å². The van der Waals surface area contributed by atoms with Crippen molar-refractivity contribution >= 4 is 5.97 Å². The minimum absolute atomic E-state index is 0.00253. The first-order valence-corrected chi connectivity index (χ1v) is 6.09. The van der Waals surface area contributed by atoms with E-state index in [0.29, 0.717) is 13.2 Å². The molecule has 0 bridgehead atoms. The summed E-state index contributed by atoms with van der Waals surface area (Å²) >= 11 is 0. The third-order valence-electron chi connectivity index (χ3n) is 2.10. The molecule has 0 fully saturated rings. The van der Waals surface area contributed by atoms with E-state index in [9.17, 15) is 4.79 Å². The van der Waals surface area contributed by atoms with Gasteiger partial charge in [0.15, 0.2) is 0 Å². The molecule has 0 aromatic heterocycles. The predicted octanol–water partition coefficient (Wildman–Crippen LogP) is 1.70. The first kappa shape index (κ1) is 16.4. The Labute approximate surface area is 103 Å². The highest BCUT2D eigenvalue weighted by Crippen LogP contribution is 1.98. The second-order valence-electron chi connectivity index (χ2n) is 4.09. The summed E-state index contributed by atoms with van der Waals surface area (Å²) in [5.41, 5.74) is 0. The lowest BCUT2D eigenvalue weighted by Crippen LogP contribution is -2.25. The molecule has 0 heterocycles. The molecule has 0 aliphatic rings. The van der Waals surface area contributed by atoms with Gasteiger partial charge in [0.25, 0.3) is 0 Å². The molecule has 0 aromatic rings. The molecule has 0 rings (SSSR count). The molecule has 2 unspecified atom stereocenters. The number of aliphatic carboxylic acids is 1. The molecular weight excluding hydrogens is 224 g/mol. The molecule has 17 heavy (non-hydrogen) atoms. The van der Waals surface area contributed by atoms with Crippen molar-refractivity contribution in [2.75, 3.05) is 26.4 Å². The minimum atomic E-state index is -0.965. The first-order chi connectivity index (χ1) is 8.06. The molecule has 0 aromatic carbocycles. The first-order valence-electron chi connectivity index (χ1n) is 6.09. The summed E-state index contributed by atoms with van der Waals surface area (Å²) in [5.74, 6) is -0.965. The average Bonchev–Trinajstić information content (AvgIpc) is 2.29. The lowest BCUT2D eigenvalue weighted by atomic mass is 10.3. The fourth-order valence-corrected chi connectivity index (χ4v) is 1.11. The highest BCUT2D eigenvalue weighted by molar-refractivity contribution is 5.68. The van der Waals surface area contributed by atoms with E-state index in [0.717, 1.165) is 19.4 Å². The Hall–Kier alpha value is -0.650. The van der Waals surface area contributed by atoms with E-state index >= 15 is 0 Å². The lowest BCUT2D eigenvalue weighted by molar-refractivity contribution is -0.146. The van der Waals surface area contributed by atoms with Gasteiger partial charge < -0.3 is 19.3 Å². The molecular formula is C12H24O5. The molecule has 1 N–H and O–H groups in total. The van der Waals surface area contributed by atoms with Crippen molar-refractivity contribution < 1.29 is 24.1 Å². The maximum absolute atomic E-state index is 10.3. The van der Waals surface area contributed by atoms with Crippen LogP contribution in [0.2, 0.25) is 0 Å². The van der Waals surface area contributed by atoms with Crippen LogP contribution in [0.4, 0.5) is 0 Å². The molecule has 0 spiro atoms.